The molecule has 0 fully saturated rings. The summed E-state index contributed by atoms with van der Waals surface area (Å²) in [6, 6.07) is 0. The number of nitrogens with zero attached hydrogens (tertiary/aromatic N) is 2. The number of hydrogen-bond acceptors (Lipinski definition) is 4. The summed E-state index contributed by atoms with van der Waals surface area (Å²) < 4.78 is 1.58. The Labute approximate surface area is 84.5 Å². The normalized spacial score (nSPS) is 13.8. The van der Waals surface area contributed by atoms with Gasteiger partial charge in [-0.15, -0.1) is 0 Å². The molecular weight excluding hydrogens is 202 g/mol. The van der Waals surface area contributed by atoms with Gasteiger partial charge in [0.1, 0.15) is 5.69 Å². The van der Waals surface area contributed by atoms with Crippen LogP contribution in [-0.4, -0.2) is 21.2 Å². The first-order valence-electron chi connectivity index (χ1n) is 4.18. The van der Waals surface area contributed by atoms with Crippen LogP contribution in [0.4, 0.5) is 5.69 Å². The minimum Gasteiger partial charge on any atom is -0.320 e. The third-order valence-corrected chi connectivity index (χ3v) is 2.84. The number of aromatic nitrogens is 2. The first-order chi connectivity index (χ1) is 6.68. The predicted octanol–water partition coefficient (Wildman–Crippen LogP) is 0.307. The van der Waals surface area contributed by atoms with Crippen LogP contribution in [0.15, 0.2) is 16.1 Å². The third kappa shape index (κ3) is 1.52. The Bertz CT molecular complexity index is 441. The number of hydrogen-bond donors (Lipinski definition) is 1. The van der Waals surface area contributed by atoms with E-state index in [0.29, 0.717) is 6.54 Å². The van der Waals surface area contributed by atoms with Crippen molar-refractivity contribution in [2.45, 2.75) is 18.6 Å². The Morgan fingerprint density at radius 1 is 1.71 bits per heavy atom. The summed E-state index contributed by atoms with van der Waals surface area (Å²) in [6.07, 6.45) is 1.41. The van der Waals surface area contributed by atoms with Gasteiger partial charge in [-0.05, 0) is 0 Å². The molecule has 0 atom stereocenters. The number of carbonyl (C=O) groups is 1. The van der Waals surface area contributed by atoms with Crippen molar-refractivity contribution in [3.8, 4) is 0 Å². The summed E-state index contributed by atoms with van der Waals surface area (Å²) in [5, 5.41) is 3.18. The van der Waals surface area contributed by atoms with E-state index in [1.165, 1.54) is 13.1 Å². The van der Waals surface area contributed by atoms with Crippen LogP contribution in [0.25, 0.3) is 0 Å². The van der Waals surface area contributed by atoms with Crippen molar-refractivity contribution < 1.29 is 4.79 Å². The fourth-order valence-corrected chi connectivity index (χ4v) is 2.21. The summed E-state index contributed by atoms with van der Waals surface area (Å²) >= 11 is 1.55. The molecule has 0 saturated heterocycles. The van der Waals surface area contributed by atoms with E-state index in [1.54, 1.807) is 16.3 Å². The summed E-state index contributed by atoms with van der Waals surface area (Å²) in [5.74, 6) is 0.612. The van der Waals surface area contributed by atoms with Gasteiger partial charge in [0.05, 0.1) is 6.20 Å². The molecule has 0 radical (unpaired) electrons. The van der Waals surface area contributed by atoms with Crippen LogP contribution in [0, 0.1) is 0 Å². The van der Waals surface area contributed by atoms with E-state index in [1.807, 2.05) is 0 Å². The number of thioether (sulfide) groups is 1. The second-order valence-corrected chi connectivity index (χ2v) is 4.00. The molecule has 6 heteroatoms. The van der Waals surface area contributed by atoms with Crippen molar-refractivity contribution in [2.75, 3.05) is 11.1 Å². The lowest BCUT2D eigenvalue weighted by Gasteiger charge is -2.04. The highest BCUT2D eigenvalue weighted by Crippen LogP contribution is 2.21. The van der Waals surface area contributed by atoms with Crippen LogP contribution in [0.3, 0.4) is 0 Å². The Balaban J connectivity index is 2.45. The quantitative estimate of drug-likeness (QED) is 0.679. The number of amides is 1. The van der Waals surface area contributed by atoms with E-state index in [9.17, 15) is 9.59 Å². The van der Waals surface area contributed by atoms with Crippen LogP contribution >= 0.6 is 11.8 Å². The van der Waals surface area contributed by atoms with Crippen LogP contribution in [0.5, 0.6) is 0 Å². The predicted molar refractivity (Wildman–Crippen MR) is 53.5 cm³/mol. The zero-order valence-electron chi connectivity index (χ0n) is 7.61. The number of anilines is 1. The van der Waals surface area contributed by atoms with Gasteiger partial charge in [0.25, 0.3) is 5.56 Å². The third-order valence-electron chi connectivity index (χ3n) is 1.87. The molecule has 1 aromatic heterocycles. The van der Waals surface area contributed by atoms with Crippen LogP contribution in [0.2, 0.25) is 0 Å². The molecule has 0 aliphatic carbocycles. The van der Waals surface area contributed by atoms with E-state index in [0.717, 1.165) is 10.9 Å². The Hall–Kier alpha value is -1.30. The van der Waals surface area contributed by atoms with Crippen molar-refractivity contribution in [1.82, 2.24) is 9.55 Å². The fourth-order valence-electron chi connectivity index (χ4n) is 1.29. The van der Waals surface area contributed by atoms with E-state index >= 15 is 0 Å². The molecule has 0 aromatic carbocycles. The highest BCUT2D eigenvalue weighted by Gasteiger charge is 2.16. The average Bonchev–Trinajstić information content (AvgIpc) is 2.57. The van der Waals surface area contributed by atoms with Crippen LogP contribution in [0.1, 0.15) is 6.92 Å². The zero-order valence-corrected chi connectivity index (χ0v) is 8.43. The van der Waals surface area contributed by atoms with Gasteiger partial charge in [-0.1, -0.05) is 11.8 Å². The SMILES string of the molecule is CC(=O)Nc1cnc2n(c1=O)CCS2. The fraction of sp³-hybridized carbons (Fsp3) is 0.375. The second-order valence-electron chi connectivity index (χ2n) is 2.94. The topological polar surface area (TPSA) is 64.0 Å². The van der Waals surface area contributed by atoms with Gasteiger partial charge < -0.3 is 5.32 Å². The summed E-state index contributed by atoms with van der Waals surface area (Å²) in [7, 11) is 0. The van der Waals surface area contributed by atoms with Crippen molar-refractivity contribution >= 4 is 23.4 Å². The molecule has 0 bridgehead atoms. The maximum Gasteiger partial charge on any atom is 0.277 e. The number of carbonyl (C=O) groups excluding carboxylic acids is 1. The van der Waals surface area contributed by atoms with E-state index < -0.39 is 0 Å². The minimum atomic E-state index is -0.255. The van der Waals surface area contributed by atoms with Crippen molar-refractivity contribution in [1.29, 1.82) is 0 Å². The number of fused-ring (bicyclic) bond motifs is 1. The Morgan fingerprint density at radius 2 is 2.50 bits per heavy atom. The van der Waals surface area contributed by atoms with Gasteiger partial charge >= 0.3 is 0 Å². The molecule has 74 valence electrons. The first-order valence-corrected chi connectivity index (χ1v) is 5.17. The average molecular weight is 211 g/mol. The van der Waals surface area contributed by atoms with E-state index in [-0.39, 0.29) is 17.2 Å². The largest absolute Gasteiger partial charge is 0.320 e. The zero-order chi connectivity index (χ0) is 10.1. The molecule has 0 saturated carbocycles. The molecule has 5 nitrogen and oxygen atoms in total. The number of rotatable bonds is 1. The van der Waals surface area contributed by atoms with Gasteiger partial charge in [-0.25, -0.2) is 4.98 Å². The molecule has 14 heavy (non-hydrogen) atoms. The van der Waals surface area contributed by atoms with E-state index in [4.69, 9.17) is 0 Å². The maximum absolute atomic E-state index is 11.7. The molecule has 1 aliphatic heterocycles. The van der Waals surface area contributed by atoms with Gasteiger partial charge in [0.15, 0.2) is 5.16 Å². The molecule has 1 N–H and O–H groups in total. The second kappa shape index (κ2) is 3.45. The minimum absolute atomic E-state index is 0.171. The summed E-state index contributed by atoms with van der Waals surface area (Å²) in [4.78, 5) is 26.5. The molecule has 0 unspecified atom stereocenters. The Kier molecular flexibility index (Phi) is 2.28. The van der Waals surface area contributed by atoms with Gasteiger partial charge in [-0.3, -0.25) is 14.2 Å². The molecule has 1 amide bonds. The lowest BCUT2D eigenvalue weighted by molar-refractivity contribution is -0.114. The monoisotopic (exact) mass is 211 g/mol. The van der Waals surface area contributed by atoms with Gasteiger partial charge in [0, 0.05) is 19.2 Å². The summed E-state index contributed by atoms with van der Waals surface area (Å²) in [6.45, 7) is 2.03. The lowest BCUT2D eigenvalue weighted by Crippen LogP contribution is -2.25. The van der Waals surface area contributed by atoms with Crippen molar-refractivity contribution in [3.05, 3.63) is 16.6 Å². The van der Waals surface area contributed by atoms with E-state index in [2.05, 4.69) is 10.3 Å². The molecule has 1 aliphatic rings. The maximum atomic E-state index is 11.7. The Morgan fingerprint density at radius 3 is 3.21 bits per heavy atom. The lowest BCUT2D eigenvalue weighted by atomic mass is 10.5. The van der Waals surface area contributed by atoms with Crippen LogP contribution < -0.4 is 10.9 Å². The smallest absolute Gasteiger partial charge is 0.277 e. The first kappa shape index (κ1) is 9.26. The molecule has 1 aromatic rings. The highest BCUT2D eigenvalue weighted by atomic mass is 32.2. The van der Waals surface area contributed by atoms with Crippen molar-refractivity contribution in [2.24, 2.45) is 0 Å². The molecule has 2 heterocycles. The number of nitrogens with one attached hydrogen (secondary N) is 1. The highest BCUT2D eigenvalue weighted by molar-refractivity contribution is 7.99. The standard InChI is InChI=1S/C8H9N3O2S/c1-5(12)10-6-4-9-8-11(7(6)13)2-3-14-8/h4H,2-3H2,1H3,(H,10,12). The van der Waals surface area contributed by atoms with Gasteiger partial charge in [-0.2, -0.15) is 0 Å². The van der Waals surface area contributed by atoms with Crippen molar-refractivity contribution in [3.63, 3.8) is 0 Å². The summed E-state index contributed by atoms with van der Waals surface area (Å²) in [5.41, 5.74) is 0.0824. The molecule has 2 rings (SSSR count). The van der Waals surface area contributed by atoms with Gasteiger partial charge in [0.2, 0.25) is 5.91 Å². The van der Waals surface area contributed by atoms with Crippen LogP contribution in [-0.2, 0) is 11.3 Å². The molecule has 0 spiro atoms. The molecular formula is C8H9N3O2S.